The fraction of sp³-hybridized carbons (Fsp3) is 0.522. The summed E-state index contributed by atoms with van der Waals surface area (Å²) in [6.45, 7) is 12.5. The molecule has 4 fully saturated rings. The smallest absolute Gasteiger partial charge is 0.404 e. The molecule has 14 heteroatoms. The molecule has 3 aromatic carbocycles. The van der Waals surface area contributed by atoms with Gasteiger partial charge in [0.1, 0.15) is 5.82 Å². The minimum atomic E-state index is -3.90. The number of likely N-dealkylation sites (N-methyl/N-ethyl adjacent to an activating group) is 2. The van der Waals surface area contributed by atoms with Crippen LogP contribution in [0.4, 0.5) is 26.2 Å². The molecule has 12 nitrogen and oxygen atoms in total. The van der Waals surface area contributed by atoms with Crippen LogP contribution in [0.2, 0.25) is 0 Å². The third kappa shape index (κ3) is 9.67. The summed E-state index contributed by atoms with van der Waals surface area (Å²) in [6.07, 6.45) is 5.98. The Kier molecular flexibility index (Phi) is 13.5. The Bertz CT molecular complexity index is 2100. The lowest BCUT2D eigenvalue weighted by Gasteiger charge is -2.54. The predicted molar refractivity (Wildman–Crippen MR) is 235 cm³/mol. The highest BCUT2D eigenvalue weighted by atomic mass is 32.2. The topological polar surface area (TPSA) is 129 Å². The second kappa shape index (κ2) is 18.6. The highest BCUT2D eigenvalue weighted by Crippen LogP contribution is 2.51. The summed E-state index contributed by atoms with van der Waals surface area (Å²) >= 11 is 0. The number of carboxylic acid groups (broad SMARTS) is 1. The number of nitrogens with zero attached hydrogens (tertiary/aromatic N) is 5. The normalized spacial score (nSPS) is 21.5. The van der Waals surface area contributed by atoms with Crippen LogP contribution in [0.5, 0.6) is 0 Å². The molecular weight excluding hydrogens is 782 g/mol. The molecule has 3 atom stereocenters. The van der Waals surface area contributed by atoms with Crippen LogP contribution in [-0.2, 0) is 20.0 Å². The number of benzene rings is 3. The molecule has 3 N–H and O–H groups in total. The van der Waals surface area contributed by atoms with Crippen molar-refractivity contribution in [2.45, 2.75) is 59.8 Å². The molecule has 1 saturated carbocycles. The summed E-state index contributed by atoms with van der Waals surface area (Å²) in [5.41, 5.74) is 2.71. The molecule has 4 aliphatic rings. The van der Waals surface area contributed by atoms with E-state index in [4.69, 9.17) is 0 Å². The van der Waals surface area contributed by atoms with Gasteiger partial charge in [0.15, 0.2) is 0 Å². The molecule has 3 aromatic rings. The van der Waals surface area contributed by atoms with E-state index in [-0.39, 0.29) is 33.0 Å². The van der Waals surface area contributed by atoms with Crippen molar-refractivity contribution in [2.24, 2.45) is 17.8 Å². The summed E-state index contributed by atoms with van der Waals surface area (Å²) in [6, 6.07) is 19.0. The van der Waals surface area contributed by atoms with Gasteiger partial charge in [-0.25, -0.2) is 17.6 Å². The van der Waals surface area contributed by atoms with Crippen LogP contribution in [0.1, 0.15) is 44.1 Å². The zero-order valence-corrected chi connectivity index (χ0v) is 36.2. The summed E-state index contributed by atoms with van der Waals surface area (Å²) in [5, 5.41) is 15.4. The third-order valence-electron chi connectivity index (χ3n) is 13.6. The fourth-order valence-electron chi connectivity index (χ4n) is 10.3. The Labute approximate surface area is 355 Å². The predicted octanol–water partition coefficient (Wildman–Crippen LogP) is 6.01. The van der Waals surface area contributed by atoms with E-state index < -0.39 is 21.8 Å². The Balaban J connectivity index is 0.995. The standard InChI is InChI=1S/C46H62FN7O5S/c1-5-44(55)48-37-26-39(51(4)24-23-50(2)3)28-41(27-37)60(58,59)40-15-13-38(14-16-40)54-30-33(31-54)29-52-21-17-34(18-22-52)46(32-53-19-8-20-53,35-9-6-10-36(47)25-35)42-11-7-12-43(42)49-45(56)57/h5-6,9-10,13-16,25-28,33-34,42-43,49H,1,7-8,11-12,17-24,29-32H2,2-4H3,(H,48,55)(H,56,57)/t42-,43-,46?/m0/s1. The van der Waals surface area contributed by atoms with Crippen molar-refractivity contribution in [3.8, 4) is 0 Å². The highest BCUT2D eigenvalue weighted by molar-refractivity contribution is 7.91. The van der Waals surface area contributed by atoms with Crippen LogP contribution in [0, 0.1) is 23.6 Å². The van der Waals surface area contributed by atoms with Gasteiger partial charge in [-0.15, -0.1) is 0 Å². The number of hydrogen-bond acceptors (Lipinski definition) is 9. The van der Waals surface area contributed by atoms with Gasteiger partial charge in [0.25, 0.3) is 0 Å². The highest BCUT2D eigenvalue weighted by Gasteiger charge is 2.53. The van der Waals surface area contributed by atoms with Gasteiger partial charge in [0.2, 0.25) is 15.7 Å². The van der Waals surface area contributed by atoms with Gasteiger partial charge in [-0.3, -0.25) is 4.79 Å². The first-order valence-electron chi connectivity index (χ1n) is 21.5. The van der Waals surface area contributed by atoms with Gasteiger partial charge in [0.05, 0.1) is 9.79 Å². The van der Waals surface area contributed by atoms with Crippen molar-refractivity contribution in [2.75, 3.05) is 102 Å². The fourth-order valence-corrected chi connectivity index (χ4v) is 11.6. The van der Waals surface area contributed by atoms with Crippen molar-refractivity contribution >= 4 is 38.9 Å². The number of amides is 2. The number of rotatable bonds is 17. The number of hydrogen-bond donors (Lipinski definition) is 3. The molecule has 3 aliphatic heterocycles. The summed E-state index contributed by atoms with van der Waals surface area (Å²) in [5.74, 6) is 0.224. The molecule has 0 aromatic heterocycles. The molecule has 1 aliphatic carbocycles. The van der Waals surface area contributed by atoms with E-state index in [2.05, 4.69) is 42.9 Å². The maximum absolute atomic E-state index is 15.0. The molecule has 324 valence electrons. The van der Waals surface area contributed by atoms with Gasteiger partial charge >= 0.3 is 6.09 Å². The van der Waals surface area contributed by atoms with Gasteiger partial charge in [-0.1, -0.05) is 25.1 Å². The lowest BCUT2D eigenvalue weighted by molar-refractivity contribution is -0.111. The number of sulfone groups is 1. The number of anilines is 3. The molecule has 1 unspecified atom stereocenters. The molecule has 60 heavy (non-hydrogen) atoms. The Hall–Kier alpha value is -4.50. The minimum Gasteiger partial charge on any atom is -0.465 e. The lowest BCUT2D eigenvalue weighted by atomic mass is 9.57. The maximum Gasteiger partial charge on any atom is 0.404 e. The van der Waals surface area contributed by atoms with E-state index in [1.807, 2.05) is 44.2 Å². The molecule has 3 saturated heterocycles. The van der Waals surface area contributed by atoms with E-state index in [0.29, 0.717) is 29.8 Å². The van der Waals surface area contributed by atoms with Gasteiger partial charge in [0, 0.05) is 80.8 Å². The number of carbonyl (C=O) groups excluding carboxylic acids is 1. The molecule has 0 radical (unpaired) electrons. The van der Waals surface area contributed by atoms with Crippen molar-refractivity contribution in [1.29, 1.82) is 0 Å². The first kappa shape index (κ1) is 43.6. The molecule has 2 amide bonds. The van der Waals surface area contributed by atoms with Crippen LogP contribution in [0.3, 0.4) is 0 Å². The molecular formula is C46H62FN7O5S. The second-order valence-electron chi connectivity index (χ2n) is 17.8. The monoisotopic (exact) mass is 843 g/mol. The second-order valence-corrected chi connectivity index (χ2v) is 19.7. The number of halogens is 1. The van der Waals surface area contributed by atoms with Crippen LogP contribution in [0.15, 0.2) is 89.2 Å². The van der Waals surface area contributed by atoms with Crippen molar-refractivity contribution in [1.82, 2.24) is 20.0 Å². The minimum absolute atomic E-state index is 0.0987. The quantitative estimate of drug-likeness (QED) is 0.139. The van der Waals surface area contributed by atoms with E-state index in [0.717, 1.165) is 115 Å². The van der Waals surface area contributed by atoms with Crippen LogP contribution in [0.25, 0.3) is 0 Å². The van der Waals surface area contributed by atoms with E-state index in [1.165, 1.54) is 12.1 Å². The SMILES string of the molecule is C=CC(=O)Nc1cc(N(C)CCN(C)C)cc(S(=O)(=O)c2ccc(N3CC(CN4CCC(C(CN5CCC5)(c5cccc(F)c5)[C@H]5CCC[C@@H]5NC(=O)O)CC4)C3)cc2)c1. The van der Waals surface area contributed by atoms with Crippen molar-refractivity contribution in [3.05, 3.63) is 90.8 Å². The maximum atomic E-state index is 15.0. The van der Waals surface area contributed by atoms with Crippen LogP contribution >= 0.6 is 0 Å². The Morgan fingerprint density at radius 2 is 1.63 bits per heavy atom. The van der Waals surface area contributed by atoms with E-state index >= 15 is 0 Å². The molecule has 0 spiro atoms. The zero-order chi connectivity index (χ0) is 42.6. The first-order chi connectivity index (χ1) is 28.7. The third-order valence-corrected chi connectivity index (χ3v) is 15.3. The number of piperidine rings is 1. The largest absolute Gasteiger partial charge is 0.465 e. The van der Waals surface area contributed by atoms with Crippen LogP contribution in [-0.4, -0.2) is 133 Å². The van der Waals surface area contributed by atoms with E-state index in [9.17, 15) is 27.5 Å². The lowest BCUT2D eigenvalue weighted by Crippen LogP contribution is -2.60. The summed E-state index contributed by atoms with van der Waals surface area (Å²) < 4.78 is 43.0. The van der Waals surface area contributed by atoms with Crippen molar-refractivity contribution < 1.29 is 27.5 Å². The van der Waals surface area contributed by atoms with Gasteiger partial charge < -0.3 is 40.2 Å². The van der Waals surface area contributed by atoms with Crippen LogP contribution < -0.4 is 20.4 Å². The number of carbonyl (C=O) groups is 2. The summed E-state index contributed by atoms with van der Waals surface area (Å²) in [4.78, 5) is 35.8. The average Bonchev–Trinajstić information content (AvgIpc) is 3.65. The Morgan fingerprint density at radius 1 is 0.900 bits per heavy atom. The first-order valence-corrected chi connectivity index (χ1v) is 23.0. The zero-order valence-electron chi connectivity index (χ0n) is 35.4. The number of nitrogens with one attached hydrogen (secondary N) is 2. The summed E-state index contributed by atoms with van der Waals surface area (Å²) in [7, 11) is 1.96. The van der Waals surface area contributed by atoms with Crippen molar-refractivity contribution in [3.63, 3.8) is 0 Å². The number of likely N-dealkylation sites (tertiary alicyclic amines) is 2. The molecule has 0 bridgehead atoms. The molecule has 7 rings (SSSR count). The van der Waals surface area contributed by atoms with E-state index in [1.54, 1.807) is 30.3 Å². The van der Waals surface area contributed by atoms with Gasteiger partial charge in [-0.2, -0.15) is 0 Å². The average molecular weight is 844 g/mol. The Morgan fingerprint density at radius 3 is 2.27 bits per heavy atom. The molecule has 3 heterocycles. The van der Waals surface area contributed by atoms with Gasteiger partial charge in [-0.05, 0) is 150 Å².